The normalized spacial score (nSPS) is 14.9. The molecule has 0 saturated heterocycles. The zero-order chi connectivity index (χ0) is 39.1. The van der Waals surface area contributed by atoms with Gasteiger partial charge in [0.15, 0.2) is 0 Å². The Kier molecular flexibility index (Phi) is 37.9. The highest BCUT2D eigenvalue weighted by Crippen LogP contribution is 2.28. The first-order chi connectivity index (χ1) is 26.5. The third-order valence-corrected chi connectivity index (χ3v) is 13.3. The monoisotopic (exact) mass is 782 g/mol. The number of allylic oxidation sites excluding steroid dienone is 2. The summed E-state index contributed by atoms with van der Waals surface area (Å²) in [6, 6.07) is 0. The Balaban J connectivity index is 2.25. The Hall–Kier alpha value is -0.283. The van der Waals surface area contributed by atoms with E-state index in [9.17, 15) is 10.2 Å². The highest BCUT2D eigenvalue weighted by atomic mass is 28.4. The number of aliphatic hydroxyl groups is 2. The Labute approximate surface area is 338 Å². The molecule has 54 heavy (non-hydrogen) atoms. The molecule has 6 nitrogen and oxygen atoms in total. The lowest BCUT2D eigenvalue weighted by Crippen LogP contribution is -2.40. The molecule has 1 aliphatic rings. The van der Waals surface area contributed by atoms with Crippen LogP contribution in [0.2, 0.25) is 13.1 Å². The molecule has 0 heterocycles. The van der Waals surface area contributed by atoms with E-state index < -0.39 is 8.56 Å². The van der Waals surface area contributed by atoms with Gasteiger partial charge in [0.1, 0.15) is 6.29 Å². The summed E-state index contributed by atoms with van der Waals surface area (Å²) in [5, 5.41) is 18.4. The van der Waals surface area contributed by atoms with Crippen LogP contribution >= 0.6 is 0 Å². The smallest absolute Gasteiger partial charge is 0.333 e. The SMILES string of the molecule is CCCCCCCC/C=C\CCCCCCCCOC(CCCCCCCCCCC1CCCCC1)O[Si](C)(C)OCCCCCCN(CCO)CCO. The van der Waals surface area contributed by atoms with Crippen LogP contribution in [-0.2, 0) is 13.6 Å². The largest absolute Gasteiger partial charge is 0.395 e. The van der Waals surface area contributed by atoms with E-state index in [1.165, 1.54) is 173 Å². The summed E-state index contributed by atoms with van der Waals surface area (Å²) < 4.78 is 19.4. The van der Waals surface area contributed by atoms with E-state index in [4.69, 9.17) is 13.6 Å². The van der Waals surface area contributed by atoms with Crippen molar-refractivity contribution in [1.82, 2.24) is 4.90 Å². The van der Waals surface area contributed by atoms with Crippen LogP contribution < -0.4 is 0 Å². The first-order valence-electron chi connectivity index (χ1n) is 24.0. The minimum atomic E-state index is -2.29. The van der Waals surface area contributed by atoms with Crippen molar-refractivity contribution in [3.05, 3.63) is 12.2 Å². The first-order valence-corrected chi connectivity index (χ1v) is 26.8. The molecule has 0 aromatic heterocycles. The molecule has 0 aromatic rings. The summed E-state index contributed by atoms with van der Waals surface area (Å²) >= 11 is 0. The van der Waals surface area contributed by atoms with Gasteiger partial charge in [0.25, 0.3) is 0 Å². The van der Waals surface area contributed by atoms with Gasteiger partial charge in [0.2, 0.25) is 0 Å². The summed E-state index contributed by atoms with van der Waals surface area (Å²) in [6.07, 6.45) is 48.4. The van der Waals surface area contributed by atoms with Crippen molar-refractivity contribution in [2.75, 3.05) is 46.1 Å². The van der Waals surface area contributed by atoms with Crippen LogP contribution in [0, 0.1) is 5.92 Å². The number of unbranched alkanes of at least 4 members (excludes halogenated alkanes) is 22. The van der Waals surface area contributed by atoms with E-state index in [1.807, 2.05) is 0 Å². The first kappa shape index (κ1) is 51.7. The van der Waals surface area contributed by atoms with Crippen molar-refractivity contribution in [3.63, 3.8) is 0 Å². The predicted octanol–water partition coefficient (Wildman–Crippen LogP) is 13.4. The van der Waals surface area contributed by atoms with Gasteiger partial charge < -0.3 is 23.8 Å². The van der Waals surface area contributed by atoms with Crippen molar-refractivity contribution in [1.29, 1.82) is 0 Å². The molecule has 1 atom stereocenters. The molecule has 0 radical (unpaired) electrons. The van der Waals surface area contributed by atoms with E-state index >= 15 is 0 Å². The van der Waals surface area contributed by atoms with Gasteiger partial charge in [0.05, 0.1) is 13.2 Å². The summed E-state index contributed by atoms with van der Waals surface area (Å²) in [7, 11) is -2.29. The zero-order valence-electron chi connectivity index (χ0n) is 36.7. The Morgan fingerprint density at radius 3 is 1.67 bits per heavy atom. The van der Waals surface area contributed by atoms with Crippen LogP contribution in [0.5, 0.6) is 0 Å². The molecule has 0 aliphatic heterocycles. The van der Waals surface area contributed by atoms with Crippen molar-refractivity contribution < 1.29 is 23.8 Å². The number of hydrogen-bond donors (Lipinski definition) is 2. The summed E-state index contributed by atoms with van der Waals surface area (Å²) in [5.74, 6) is 1.04. The lowest BCUT2D eigenvalue weighted by Gasteiger charge is -2.29. The van der Waals surface area contributed by atoms with E-state index in [1.54, 1.807) is 0 Å². The second-order valence-corrected chi connectivity index (χ2v) is 20.5. The summed E-state index contributed by atoms with van der Waals surface area (Å²) in [5.41, 5.74) is 0. The van der Waals surface area contributed by atoms with Crippen LogP contribution in [0.3, 0.4) is 0 Å². The zero-order valence-corrected chi connectivity index (χ0v) is 37.7. The van der Waals surface area contributed by atoms with Crippen molar-refractivity contribution >= 4 is 8.56 Å². The van der Waals surface area contributed by atoms with Gasteiger partial charge in [-0.2, -0.15) is 0 Å². The molecule has 2 N–H and O–H groups in total. The Morgan fingerprint density at radius 2 is 1.07 bits per heavy atom. The molecule has 1 aliphatic carbocycles. The maximum Gasteiger partial charge on any atom is 0.333 e. The van der Waals surface area contributed by atoms with Crippen LogP contribution in [0.15, 0.2) is 12.2 Å². The molecule has 0 aromatic carbocycles. The highest BCUT2D eigenvalue weighted by molar-refractivity contribution is 6.64. The molecule has 1 fully saturated rings. The maximum absolute atomic E-state index is 9.22. The quantitative estimate of drug-likeness (QED) is 0.0278. The van der Waals surface area contributed by atoms with Gasteiger partial charge in [-0.25, -0.2) is 0 Å². The Morgan fingerprint density at radius 1 is 0.574 bits per heavy atom. The number of rotatable bonds is 42. The molecule has 1 rings (SSSR count). The van der Waals surface area contributed by atoms with E-state index in [0.29, 0.717) is 13.1 Å². The average Bonchev–Trinajstić information content (AvgIpc) is 3.16. The highest BCUT2D eigenvalue weighted by Gasteiger charge is 2.29. The minimum absolute atomic E-state index is 0.140. The van der Waals surface area contributed by atoms with E-state index in [0.717, 1.165) is 64.2 Å². The fraction of sp³-hybridized carbons (Fsp3) is 0.957. The van der Waals surface area contributed by atoms with Gasteiger partial charge in [-0.05, 0) is 83.3 Å². The van der Waals surface area contributed by atoms with Gasteiger partial charge in [-0.1, -0.05) is 173 Å². The van der Waals surface area contributed by atoms with E-state index in [2.05, 4.69) is 37.1 Å². The standard InChI is InChI=1S/C47H95NO5Si/c1-4-5-6-7-8-9-10-11-12-13-14-15-18-21-25-33-44-51-47(38-31-23-20-17-16-19-22-28-35-46-36-29-27-30-37-46)53-54(2,3)52-45-34-26-24-32-39-48(40-42-49)41-43-50/h11-12,46-47,49-50H,4-10,13-45H2,1-3H3/b12-11-. The van der Waals surface area contributed by atoms with Gasteiger partial charge >= 0.3 is 8.56 Å². The molecule has 7 heteroatoms. The molecule has 1 saturated carbocycles. The predicted molar refractivity (Wildman–Crippen MR) is 236 cm³/mol. The minimum Gasteiger partial charge on any atom is -0.395 e. The van der Waals surface area contributed by atoms with Crippen LogP contribution in [-0.4, -0.2) is 76.0 Å². The van der Waals surface area contributed by atoms with Crippen molar-refractivity contribution in [2.45, 2.75) is 238 Å². The fourth-order valence-corrected chi connectivity index (χ4v) is 9.62. The number of hydrogen-bond acceptors (Lipinski definition) is 6. The van der Waals surface area contributed by atoms with Crippen LogP contribution in [0.1, 0.15) is 219 Å². The number of nitrogens with zero attached hydrogens (tertiary/aromatic N) is 1. The molecule has 1 unspecified atom stereocenters. The van der Waals surface area contributed by atoms with Gasteiger partial charge in [-0.3, -0.25) is 4.90 Å². The molecule has 322 valence electrons. The molecular formula is C47H95NO5Si. The van der Waals surface area contributed by atoms with Crippen LogP contribution in [0.4, 0.5) is 0 Å². The third kappa shape index (κ3) is 34.9. The molecule has 0 bridgehead atoms. The second-order valence-electron chi connectivity index (χ2n) is 17.2. The number of ether oxygens (including phenoxy) is 1. The summed E-state index contributed by atoms with van der Waals surface area (Å²) in [4.78, 5) is 2.14. The number of aliphatic hydroxyl groups excluding tert-OH is 2. The molecule has 0 spiro atoms. The van der Waals surface area contributed by atoms with Crippen molar-refractivity contribution in [2.24, 2.45) is 5.92 Å². The summed E-state index contributed by atoms with van der Waals surface area (Å²) in [6.45, 7) is 10.7. The Bertz CT molecular complexity index is 771. The van der Waals surface area contributed by atoms with Gasteiger partial charge in [0, 0.05) is 26.3 Å². The molecule has 0 amide bonds. The average molecular weight is 782 g/mol. The molecular weight excluding hydrogens is 687 g/mol. The maximum atomic E-state index is 9.22. The van der Waals surface area contributed by atoms with Crippen LogP contribution in [0.25, 0.3) is 0 Å². The van der Waals surface area contributed by atoms with Crippen molar-refractivity contribution in [3.8, 4) is 0 Å². The second kappa shape index (κ2) is 39.5. The topological polar surface area (TPSA) is 71.4 Å². The fourth-order valence-electron chi connectivity index (χ4n) is 8.10. The lowest BCUT2D eigenvalue weighted by atomic mass is 9.85. The lowest BCUT2D eigenvalue weighted by molar-refractivity contribution is -0.104. The van der Waals surface area contributed by atoms with E-state index in [-0.39, 0.29) is 19.5 Å². The third-order valence-electron chi connectivity index (χ3n) is 11.6. The van der Waals surface area contributed by atoms with Gasteiger partial charge in [-0.15, -0.1) is 0 Å².